The van der Waals surface area contributed by atoms with Gasteiger partial charge in [-0.1, -0.05) is 69.4 Å². The number of hydrogen-bond donors (Lipinski definition) is 2. The highest BCUT2D eigenvalue weighted by Gasteiger charge is 2.16. The van der Waals surface area contributed by atoms with Gasteiger partial charge in [-0.05, 0) is 66.5 Å². The molecule has 124 valence electrons. The molecule has 0 amide bonds. The van der Waals surface area contributed by atoms with E-state index >= 15 is 0 Å². The summed E-state index contributed by atoms with van der Waals surface area (Å²) in [5.74, 6) is 1.96. The molecule has 0 aromatic heterocycles. The molecule has 2 atom stereocenters. The summed E-state index contributed by atoms with van der Waals surface area (Å²) in [6.45, 7) is 0. The van der Waals surface area contributed by atoms with Crippen LogP contribution in [0.2, 0.25) is 0 Å². The van der Waals surface area contributed by atoms with Crippen LogP contribution in [0.15, 0.2) is 48.5 Å². The van der Waals surface area contributed by atoms with E-state index in [1.165, 1.54) is 17.5 Å². The zero-order valence-electron chi connectivity index (χ0n) is 13.0. The zero-order valence-corrected chi connectivity index (χ0v) is 17.3. The molecule has 0 heterocycles. The van der Waals surface area contributed by atoms with Crippen LogP contribution in [0.4, 0.5) is 0 Å². The summed E-state index contributed by atoms with van der Waals surface area (Å²) in [7, 11) is 0. The third-order valence-electron chi connectivity index (χ3n) is 4.02. The first-order valence-corrected chi connectivity index (χ1v) is 10.8. The van der Waals surface area contributed by atoms with Crippen LogP contribution in [0.5, 0.6) is 11.5 Å². The van der Waals surface area contributed by atoms with Crippen molar-refractivity contribution in [1.29, 1.82) is 0 Å². The van der Waals surface area contributed by atoms with Gasteiger partial charge in [0, 0.05) is 8.86 Å². The van der Waals surface area contributed by atoms with E-state index in [0.717, 1.165) is 21.7 Å². The number of benzene rings is 2. The van der Waals surface area contributed by atoms with Crippen molar-refractivity contribution < 1.29 is 10.2 Å². The lowest BCUT2D eigenvalue weighted by molar-refractivity contribution is 0.428. The summed E-state index contributed by atoms with van der Waals surface area (Å²) >= 11 is 4.97. The SMILES string of the molecule is Oc1ccc(C[C@@H](CI)C[C@H](CI)Cc2ccc(O)cc2)cc1. The molecular formula is C19H22I2O2. The minimum atomic E-state index is 0.331. The molecule has 0 unspecified atom stereocenters. The van der Waals surface area contributed by atoms with Crippen molar-refractivity contribution >= 4 is 45.2 Å². The van der Waals surface area contributed by atoms with E-state index in [9.17, 15) is 10.2 Å². The Morgan fingerprint density at radius 3 is 1.30 bits per heavy atom. The van der Waals surface area contributed by atoms with Crippen LogP contribution in [0, 0.1) is 11.8 Å². The van der Waals surface area contributed by atoms with Crippen molar-refractivity contribution in [2.45, 2.75) is 19.3 Å². The minimum Gasteiger partial charge on any atom is -0.508 e. The van der Waals surface area contributed by atoms with Gasteiger partial charge in [-0.2, -0.15) is 0 Å². The van der Waals surface area contributed by atoms with Crippen LogP contribution in [0.25, 0.3) is 0 Å². The Labute approximate surface area is 165 Å². The van der Waals surface area contributed by atoms with Crippen LogP contribution in [-0.2, 0) is 12.8 Å². The molecule has 0 aliphatic heterocycles. The van der Waals surface area contributed by atoms with Gasteiger partial charge in [0.15, 0.2) is 0 Å². The molecule has 2 N–H and O–H groups in total. The highest BCUT2D eigenvalue weighted by atomic mass is 127. The first-order chi connectivity index (χ1) is 11.1. The van der Waals surface area contributed by atoms with Crippen molar-refractivity contribution in [3.05, 3.63) is 59.7 Å². The molecule has 0 fully saturated rings. The van der Waals surface area contributed by atoms with Crippen LogP contribution >= 0.6 is 45.2 Å². The fraction of sp³-hybridized carbons (Fsp3) is 0.368. The molecule has 2 rings (SSSR count). The maximum atomic E-state index is 9.39. The number of phenols is 2. The van der Waals surface area contributed by atoms with Gasteiger partial charge in [0.2, 0.25) is 0 Å². The molecule has 0 spiro atoms. The van der Waals surface area contributed by atoms with E-state index in [2.05, 4.69) is 45.2 Å². The maximum Gasteiger partial charge on any atom is 0.115 e. The van der Waals surface area contributed by atoms with Crippen LogP contribution in [0.3, 0.4) is 0 Å². The van der Waals surface area contributed by atoms with Gasteiger partial charge in [-0.15, -0.1) is 0 Å². The quantitative estimate of drug-likeness (QED) is 0.352. The zero-order chi connectivity index (χ0) is 16.7. The predicted molar refractivity (Wildman–Crippen MR) is 113 cm³/mol. The largest absolute Gasteiger partial charge is 0.508 e. The second-order valence-electron chi connectivity index (χ2n) is 6.02. The van der Waals surface area contributed by atoms with Gasteiger partial charge < -0.3 is 10.2 Å². The van der Waals surface area contributed by atoms with Crippen molar-refractivity contribution in [2.24, 2.45) is 11.8 Å². The number of rotatable bonds is 8. The maximum absolute atomic E-state index is 9.39. The van der Waals surface area contributed by atoms with Crippen molar-refractivity contribution in [3.8, 4) is 11.5 Å². The molecule has 2 aromatic carbocycles. The normalized spacial score (nSPS) is 13.7. The standard InChI is InChI=1S/C19H22I2O2/c20-12-16(9-14-1-5-18(22)6-2-14)11-17(13-21)10-15-3-7-19(23)8-4-15/h1-8,16-17,22-23H,9-13H2/t16-,17-/m1/s1. The molecular weight excluding hydrogens is 514 g/mol. The highest BCUT2D eigenvalue weighted by molar-refractivity contribution is 14.1. The fourth-order valence-corrected chi connectivity index (χ4v) is 4.15. The van der Waals surface area contributed by atoms with Gasteiger partial charge in [-0.3, -0.25) is 0 Å². The Kier molecular flexibility index (Phi) is 7.95. The van der Waals surface area contributed by atoms with Gasteiger partial charge >= 0.3 is 0 Å². The number of hydrogen-bond acceptors (Lipinski definition) is 2. The Morgan fingerprint density at radius 2 is 1.00 bits per heavy atom. The summed E-state index contributed by atoms with van der Waals surface area (Å²) in [5, 5.41) is 18.8. The van der Waals surface area contributed by atoms with E-state index in [1.54, 1.807) is 24.3 Å². The van der Waals surface area contributed by atoms with Gasteiger partial charge in [0.1, 0.15) is 11.5 Å². The van der Waals surface area contributed by atoms with E-state index in [4.69, 9.17) is 0 Å². The highest BCUT2D eigenvalue weighted by Crippen LogP contribution is 2.25. The molecule has 2 nitrogen and oxygen atoms in total. The third-order valence-corrected chi connectivity index (χ3v) is 6.52. The Bertz CT molecular complexity index is 528. The van der Waals surface area contributed by atoms with Crippen molar-refractivity contribution in [2.75, 3.05) is 8.86 Å². The van der Waals surface area contributed by atoms with Gasteiger partial charge in [-0.25, -0.2) is 0 Å². The van der Waals surface area contributed by atoms with Crippen molar-refractivity contribution in [3.63, 3.8) is 0 Å². The number of phenolic OH excluding ortho intramolecular Hbond substituents is 2. The molecule has 0 aliphatic rings. The first-order valence-electron chi connectivity index (χ1n) is 7.78. The lowest BCUT2D eigenvalue weighted by Gasteiger charge is -2.21. The molecule has 23 heavy (non-hydrogen) atoms. The molecule has 4 heteroatoms. The Balaban J connectivity index is 1.94. The molecule has 0 bridgehead atoms. The summed E-state index contributed by atoms with van der Waals surface area (Å²) in [5.41, 5.74) is 2.59. The molecule has 2 aromatic rings. The van der Waals surface area contributed by atoms with Gasteiger partial charge in [0.25, 0.3) is 0 Å². The summed E-state index contributed by atoms with van der Waals surface area (Å²) in [6, 6.07) is 15.2. The minimum absolute atomic E-state index is 0.331. The van der Waals surface area contributed by atoms with Crippen LogP contribution in [-0.4, -0.2) is 19.1 Å². The summed E-state index contributed by atoms with van der Waals surface area (Å²) in [6.07, 6.45) is 3.32. The van der Waals surface area contributed by atoms with E-state index in [-0.39, 0.29) is 0 Å². The average Bonchev–Trinajstić information content (AvgIpc) is 2.57. The van der Waals surface area contributed by atoms with Crippen molar-refractivity contribution in [1.82, 2.24) is 0 Å². The van der Waals surface area contributed by atoms with Gasteiger partial charge in [0.05, 0.1) is 0 Å². The monoisotopic (exact) mass is 536 g/mol. The molecule has 0 saturated heterocycles. The number of alkyl halides is 2. The summed E-state index contributed by atoms with van der Waals surface area (Å²) in [4.78, 5) is 0. The third kappa shape index (κ3) is 6.49. The first kappa shape index (κ1) is 18.8. The summed E-state index contributed by atoms with van der Waals surface area (Å²) < 4.78 is 2.28. The van der Waals surface area contributed by atoms with E-state index in [0.29, 0.717) is 23.3 Å². The number of halogens is 2. The molecule has 0 saturated carbocycles. The lowest BCUT2D eigenvalue weighted by atomic mass is 9.88. The second-order valence-corrected chi connectivity index (χ2v) is 7.78. The molecule has 0 radical (unpaired) electrons. The Morgan fingerprint density at radius 1 is 0.652 bits per heavy atom. The molecule has 0 aliphatic carbocycles. The van der Waals surface area contributed by atoms with E-state index < -0.39 is 0 Å². The van der Waals surface area contributed by atoms with Crippen LogP contribution < -0.4 is 0 Å². The Hall–Kier alpha value is -0.500. The lowest BCUT2D eigenvalue weighted by Crippen LogP contribution is -2.16. The number of aromatic hydroxyl groups is 2. The second kappa shape index (κ2) is 9.71. The average molecular weight is 536 g/mol. The smallest absolute Gasteiger partial charge is 0.115 e. The topological polar surface area (TPSA) is 40.5 Å². The fourth-order valence-electron chi connectivity index (χ4n) is 2.80. The van der Waals surface area contributed by atoms with E-state index in [1.807, 2.05) is 24.3 Å². The predicted octanol–water partition coefficient (Wildman–Crippen LogP) is 5.38. The van der Waals surface area contributed by atoms with Crippen LogP contribution in [0.1, 0.15) is 17.5 Å².